The van der Waals surface area contributed by atoms with Crippen LogP contribution in [0.3, 0.4) is 0 Å². The highest BCUT2D eigenvalue weighted by Gasteiger charge is 2.51. The first-order valence-corrected chi connectivity index (χ1v) is 9.73. The van der Waals surface area contributed by atoms with E-state index in [1.807, 2.05) is 19.1 Å². The lowest BCUT2D eigenvalue weighted by molar-refractivity contribution is -0.154. The van der Waals surface area contributed by atoms with Crippen molar-refractivity contribution in [3.8, 4) is 0 Å². The molecule has 3 nitrogen and oxygen atoms in total. The summed E-state index contributed by atoms with van der Waals surface area (Å²) in [6.07, 6.45) is 7.48. The molecule has 0 aromatic heterocycles. The standard InChI is InChI=1S/C22H28O3/c1-14-3-5-19(6-4-14)21(24)15(2)25-20(23)13-22-10-16-7-17(11-22)9-18(8-16)12-22/h3-6,15-18H,7-13H2,1-2H3/t15-,16?,17?,18?,22?/m1/s1. The van der Waals surface area contributed by atoms with Gasteiger partial charge in [0, 0.05) is 5.56 Å². The second kappa shape index (κ2) is 6.26. The molecule has 4 aliphatic rings. The van der Waals surface area contributed by atoms with Gasteiger partial charge in [-0.1, -0.05) is 29.8 Å². The number of aryl methyl sites for hydroxylation is 1. The number of carbonyl (C=O) groups is 2. The van der Waals surface area contributed by atoms with Crippen LogP contribution in [0.2, 0.25) is 0 Å². The number of ether oxygens (including phenoxy) is 1. The normalized spacial score (nSPS) is 33.9. The van der Waals surface area contributed by atoms with Gasteiger partial charge in [-0.3, -0.25) is 9.59 Å². The highest BCUT2D eigenvalue weighted by Crippen LogP contribution is 2.61. The van der Waals surface area contributed by atoms with Crippen LogP contribution in [0.4, 0.5) is 0 Å². The lowest BCUT2D eigenvalue weighted by Gasteiger charge is -2.56. The van der Waals surface area contributed by atoms with Crippen molar-refractivity contribution in [1.82, 2.24) is 0 Å². The molecule has 4 saturated carbocycles. The van der Waals surface area contributed by atoms with E-state index in [2.05, 4.69) is 0 Å². The Labute approximate surface area is 150 Å². The van der Waals surface area contributed by atoms with Gasteiger partial charge in [-0.15, -0.1) is 0 Å². The van der Waals surface area contributed by atoms with E-state index in [9.17, 15) is 9.59 Å². The van der Waals surface area contributed by atoms with E-state index in [0.717, 1.165) is 23.3 Å². The fourth-order valence-electron chi connectivity index (χ4n) is 6.06. The minimum Gasteiger partial charge on any atom is -0.454 e. The van der Waals surface area contributed by atoms with Crippen LogP contribution < -0.4 is 0 Å². The minimum atomic E-state index is -0.705. The van der Waals surface area contributed by atoms with Crippen LogP contribution in [-0.2, 0) is 9.53 Å². The van der Waals surface area contributed by atoms with Crippen LogP contribution in [-0.4, -0.2) is 17.9 Å². The molecular weight excluding hydrogens is 312 g/mol. The quantitative estimate of drug-likeness (QED) is 0.575. The van der Waals surface area contributed by atoms with Crippen molar-refractivity contribution in [3.05, 3.63) is 35.4 Å². The van der Waals surface area contributed by atoms with Crippen molar-refractivity contribution >= 4 is 11.8 Å². The maximum absolute atomic E-state index is 12.6. The topological polar surface area (TPSA) is 43.4 Å². The summed E-state index contributed by atoms with van der Waals surface area (Å²) in [6, 6.07) is 7.44. The van der Waals surface area contributed by atoms with E-state index in [4.69, 9.17) is 4.74 Å². The molecule has 0 spiro atoms. The Morgan fingerprint density at radius 1 is 1.04 bits per heavy atom. The summed E-state index contributed by atoms with van der Waals surface area (Å²) in [4.78, 5) is 25.0. The largest absolute Gasteiger partial charge is 0.454 e. The molecule has 1 aromatic rings. The van der Waals surface area contributed by atoms with Gasteiger partial charge in [0.05, 0.1) is 6.42 Å². The fraction of sp³-hybridized carbons (Fsp3) is 0.636. The number of hydrogen-bond acceptors (Lipinski definition) is 3. The maximum atomic E-state index is 12.6. The lowest BCUT2D eigenvalue weighted by atomic mass is 9.49. The van der Waals surface area contributed by atoms with Crippen LogP contribution in [0.5, 0.6) is 0 Å². The molecule has 0 N–H and O–H groups in total. The molecule has 0 unspecified atom stereocenters. The van der Waals surface area contributed by atoms with Gasteiger partial charge in [-0.2, -0.15) is 0 Å². The molecule has 1 atom stereocenters. The van der Waals surface area contributed by atoms with E-state index in [-0.39, 0.29) is 17.2 Å². The number of esters is 1. The molecule has 25 heavy (non-hydrogen) atoms. The first-order chi connectivity index (χ1) is 11.9. The number of rotatable bonds is 5. The summed E-state index contributed by atoms with van der Waals surface area (Å²) in [7, 11) is 0. The highest BCUT2D eigenvalue weighted by molar-refractivity contribution is 6.00. The van der Waals surface area contributed by atoms with Gasteiger partial charge in [0.2, 0.25) is 5.78 Å². The first-order valence-electron chi connectivity index (χ1n) is 9.73. The van der Waals surface area contributed by atoms with Gasteiger partial charge in [-0.05, 0) is 75.5 Å². The minimum absolute atomic E-state index is 0.112. The van der Waals surface area contributed by atoms with Crippen molar-refractivity contribution in [2.75, 3.05) is 0 Å². The SMILES string of the molecule is Cc1ccc(C(=O)[C@@H](C)OC(=O)CC23CC4CC(CC(C4)C2)C3)cc1. The predicted octanol–water partition coefficient (Wildman–Crippen LogP) is 4.72. The molecule has 0 heterocycles. The Morgan fingerprint density at radius 2 is 1.56 bits per heavy atom. The van der Waals surface area contributed by atoms with Crippen molar-refractivity contribution in [2.45, 2.75) is 64.9 Å². The number of hydrogen-bond donors (Lipinski definition) is 0. The van der Waals surface area contributed by atoms with E-state index in [1.165, 1.54) is 38.5 Å². The van der Waals surface area contributed by atoms with E-state index < -0.39 is 6.10 Å². The number of Topliss-reactive ketones (excluding diaryl/α,β-unsaturated/α-hetero) is 1. The Balaban J connectivity index is 1.37. The Morgan fingerprint density at radius 3 is 2.08 bits per heavy atom. The molecule has 1 aromatic carbocycles. The smallest absolute Gasteiger partial charge is 0.307 e. The molecule has 0 radical (unpaired) electrons. The Bertz CT molecular complexity index is 638. The van der Waals surface area contributed by atoms with Gasteiger partial charge in [0.15, 0.2) is 6.10 Å². The summed E-state index contributed by atoms with van der Waals surface area (Å²) >= 11 is 0. The number of benzene rings is 1. The Kier molecular flexibility index (Phi) is 4.21. The van der Waals surface area contributed by atoms with Crippen LogP contribution >= 0.6 is 0 Å². The zero-order chi connectivity index (χ0) is 17.6. The highest BCUT2D eigenvalue weighted by atomic mass is 16.5. The number of ketones is 1. The third-order valence-electron chi connectivity index (χ3n) is 6.70. The van der Waals surface area contributed by atoms with Crippen LogP contribution in [0.1, 0.15) is 67.8 Å². The average Bonchev–Trinajstić information content (AvgIpc) is 2.52. The van der Waals surface area contributed by atoms with Gasteiger partial charge >= 0.3 is 5.97 Å². The maximum Gasteiger partial charge on any atom is 0.307 e. The fourth-order valence-corrected chi connectivity index (χ4v) is 6.06. The van der Waals surface area contributed by atoms with Crippen LogP contribution in [0.25, 0.3) is 0 Å². The molecule has 0 saturated heterocycles. The summed E-state index contributed by atoms with van der Waals surface area (Å²) in [5.41, 5.74) is 1.89. The van der Waals surface area contributed by atoms with E-state index in [0.29, 0.717) is 12.0 Å². The Hall–Kier alpha value is -1.64. The molecule has 3 heteroatoms. The van der Waals surface area contributed by atoms with Gasteiger partial charge in [-0.25, -0.2) is 0 Å². The zero-order valence-corrected chi connectivity index (χ0v) is 15.3. The molecule has 5 rings (SSSR count). The molecule has 0 amide bonds. The van der Waals surface area contributed by atoms with E-state index in [1.54, 1.807) is 19.1 Å². The summed E-state index contributed by atoms with van der Waals surface area (Å²) in [6.45, 7) is 3.68. The third kappa shape index (κ3) is 3.38. The van der Waals surface area contributed by atoms with Crippen molar-refractivity contribution in [3.63, 3.8) is 0 Å². The first kappa shape index (κ1) is 16.8. The molecule has 4 aliphatic carbocycles. The monoisotopic (exact) mass is 340 g/mol. The number of carbonyl (C=O) groups excluding carboxylic acids is 2. The van der Waals surface area contributed by atoms with E-state index >= 15 is 0 Å². The average molecular weight is 340 g/mol. The lowest BCUT2D eigenvalue weighted by Crippen LogP contribution is -2.47. The van der Waals surface area contributed by atoms with Crippen LogP contribution in [0, 0.1) is 30.1 Å². The van der Waals surface area contributed by atoms with Crippen molar-refractivity contribution < 1.29 is 14.3 Å². The van der Waals surface area contributed by atoms with Crippen molar-refractivity contribution in [1.29, 1.82) is 0 Å². The molecule has 4 bridgehead atoms. The predicted molar refractivity (Wildman–Crippen MR) is 96.3 cm³/mol. The molecule has 0 aliphatic heterocycles. The summed E-state index contributed by atoms with van der Waals surface area (Å²) in [5, 5.41) is 0. The summed E-state index contributed by atoms with van der Waals surface area (Å²) < 4.78 is 5.55. The van der Waals surface area contributed by atoms with Gasteiger partial charge in [0.1, 0.15) is 0 Å². The molecule has 134 valence electrons. The second-order valence-corrected chi connectivity index (χ2v) is 8.96. The molecule has 4 fully saturated rings. The van der Waals surface area contributed by atoms with Gasteiger partial charge in [0.25, 0.3) is 0 Å². The second-order valence-electron chi connectivity index (χ2n) is 8.96. The summed E-state index contributed by atoms with van der Waals surface area (Å²) in [5.74, 6) is 2.18. The zero-order valence-electron chi connectivity index (χ0n) is 15.3. The van der Waals surface area contributed by atoms with Gasteiger partial charge < -0.3 is 4.74 Å². The third-order valence-corrected chi connectivity index (χ3v) is 6.70. The van der Waals surface area contributed by atoms with Crippen molar-refractivity contribution in [2.24, 2.45) is 23.2 Å². The molecular formula is C22H28O3. The van der Waals surface area contributed by atoms with Crippen LogP contribution in [0.15, 0.2) is 24.3 Å².